The average molecular weight is 391 g/mol. The molecule has 0 spiro atoms. The van der Waals surface area contributed by atoms with E-state index in [1.165, 1.54) is 6.07 Å². The molecule has 0 aromatic heterocycles. The van der Waals surface area contributed by atoms with Gasteiger partial charge in [0, 0.05) is 26.1 Å². The van der Waals surface area contributed by atoms with E-state index < -0.39 is 0 Å². The van der Waals surface area contributed by atoms with Crippen LogP contribution in [0.15, 0.2) is 40.9 Å². The maximum Gasteiger partial charge on any atom is 0.127 e. The highest BCUT2D eigenvalue weighted by Crippen LogP contribution is 2.31. The van der Waals surface area contributed by atoms with Crippen LogP contribution in [0.5, 0.6) is 0 Å². The van der Waals surface area contributed by atoms with Crippen LogP contribution < -0.4 is 5.32 Å². The molecular weight excluding hydrogens is 376 g/mol. The Kier molecular flexibility index (Phi) is 6.06. The molecule has 0 aliphatic carbocycles. The molecule has 0 saturated heterocycles. The minimum atomic E-state index is -0.288. The van der Waals surface area contributed by atoms with Crippen LogP contribution >= 0.6 is 39.1 Å². The number of rotatable bonds is 5. The van der Waals surface area contributed by atoms with E-state index in [9.17, 15) is 4.39 Å². The second-order valence-electron chi connectivity index (χ2n) is 4.68. The van der Waals surface area contributed by atoms with E-state index in [0.29, 0.717) is 22.0 Å². The van der Waals surface area contributed by atoms with E-state index in [1.54, 1.807) is 12.1 Å². The van der Waals surface area contributed by atoms with Gasteiger partial charge < -0.3 is 5.32 Å². The summed E-state index contributed by atoms with van der Waals surface area (Å²) in [4.78, 5) is 0. The summed E-state index contributed by atoms with van der Waals surface area (Å²) in [5.74, 6) is -0.288. The van der Waals surface area contributed by atoms with Crippen LogP contribution in [0.2, 0.25) is 10.0 Å². The third-order valence-corrected chi connectivity index (χ3v) is 4.57. The summed E-state index contributed by atoms with van der Waals surface area (Å²) in [6.45, 7) is 2.77. The molecule has 1 unspecified atom stereocenters. The van der Waals surface area contributed by atoms with Gasteiger partial charge in [0.05, 0.1) is 0 Å². The van der Waals surface area contributed by atoms with Crippen molar-refractivity contribution in [2.75, 3.05) is 6.54 Å². The van der Waals surface area contributed by atoms with Gasteiger partial charge in [-0.15, -0.1) is 0 Å². The van der Waals surface area contributed by atoms with Gasteiger partial charge in [-0.3, -0.25) is 0 Å². The van der Waals surface area contributed by atoms with E-state index in [4.69, 9.17) is 23.2 Å². The molecule has 21 heavy (non-hydrogen) atoms. The smallest absolute Gasteiger partial charge is 0.127 e. The summed E-state index contributed by atoms with van der Waals surface area (Å²) >= 11 is 15.7. The quantitative estimate of drug-likeness (QED) is 0.681. The molecule has 0 amide bonds. The van der Waals surface area contributed by atoms with Gasteiger partial charge in [0.25, 0.3) is 0 Å². The molecule has 0 heterocycles. The van der Waals surface area contributed by atoms with Gasteiger partial charge in [-0.05, 0) is 48.9 Å². The summed E-state index contributed by atoms with van der Waals surface area (Å²) in [5, 5.41) is 4.45. The zero-order chi connectivity index (χ0) is 15.4. The van der Waals surface area contributed by atoms with Crippen LogP contribution in [0.4, 0.5) is 4.39 Å². The molecule has 112 valence electrons. The van der Waals surface area contributed by atoms with Gasteiger partial charge in [0.1, 0.15) is 5.82 Å². The third-order valence-electron chi connectivity index (χ3n) is 3.25. The van der Waals surface area contributed by atoms with Gasteiger partial charge >= 0.3 is 0 Å². The summed E-state index contributed by atoms with van der Waals surface area (Å²) in [5.41, 5.74) is 1.50. The Morgan fingerprint density at radius 2 is 2.00 bits per heavy atom. The molecule has 0 bridgehead atoms. The molecule has 0 fully saturated rings. The minimum Gasteiger partial charge on any atom is -0.310 e. The Morgan fingerprint density at radius 3 is 2.67 bits per heavy atom. The van der Waals surface area contributed by atoms with Crippen molar-refractivity contribution in [2.24, 2.45) is 0 Å². The van der Waals surface area contributed by atoms with Crippen LogP contribution in [-0.2, 0) is 6.42 Å². The largest absolute Gasteiger partial charge is 0.310 e. The van der Waals surface area contributed by atoms with Gasteiger partial charge in [-0.2, -0.15) is 0 Å². The van der Waals surface area contributed by atoms with Crippen molar-refractivity contribution in [1.82, 2.24) is 5.32 Å². The van der Waals surface area contributed by atoms with Crippen molar-refractivity contribution in [3.8, 4) is 0 Å². The Morgan fingerprint density at radius 1 is 1.24 bits per heavy atom. The molecule has 0 aliphatic heterocycles. The van der Waals surface area contributed by atoms with Crippen LogP contribution in [0, 0.1) is 5.82 Å². The Labute approximate surface area is 142 Å². The topological polar surface area (TPSA) is 12.0 Å². The van der Waals surface area contributed by atoms with Gasteiger partial charge in [-0.25, -0.2) is 4.39 Å². The van der Waals surface area contributed by atoms with Crippen LogP contribution in [0.1, 0.15) is 24.1 Å². The van der Waals surface area contributed by atoms with Crippen molar-refractivity contribution in [3.63, 3.8) is 0 Å². The van der Waals surface area contributed by atoms with Crippen molar-refractivity contribution in [2.45, 2.75) is 19.4 Å². The molecule has 0 aliphatic rings. The van der Waals surface area contributed by atoms with Crippen molar-refractivity contribution >= 4 is 39.1 Å². The van der Waals surface area contributed by atoms with Crippen LogP contribution in [0.3, 0.4) is 0 Å². The van der Waals surface area contributed by atoms with Gasteiger partial charge in [-0.1, -0.05) is 52.1 Å². The Balaban J connectivity index is 2.38. The summed E-state index contributed by atoms with van der Waals surface area (Å²) < 4.78 is 14.9. The zero-order valence-corrected chi connectivity index (χ0v) is 14.6. The standard InChI is InChI=1S/C16H15BrCl2FN/c1-2-21-16(11-8-10(18)6-7-13(11)17)9-12-14(19)4-3-5-15(12)20/h3-8,16,21H,2,9H2,1H3. The lowest BCUT2D eigenvalue weighted by Crippen LogP contribution is -2.24. The number of nitrogens with one attached hydrogen (secondary N) is 1. The second-order valence-corrected chi connectivity index (χ2v) is 6.38. The molecule has 0 saturated carbocycles. The highest BCUT2D eigenvalue weighted by Gasteiger charge is 2.18. The van der Waals surface area contributed by atoms with Gasteiger partial charge in [0.2, 0.25) is 0 Å². The molecule has 1 N–H and O–H groups in total. The van der Waals surface area contributed by atoms with Gasteiger partial charge in [0.15, 0.2) is 0 Å². The summed E-state index contributed by atoms with van der Waals surface area (Å²) in [7, 11) is 0. The molecule has 1 nitrogen and oxygen atoms in total. The maximum atomic E-state index is 14.0. The molecule has 2 rings (SSSR count). The summed E-state index contributed by atoms with van der Waals surface area (Å²) in [6, 6.07) is 10.3. The van der Waals surface area contributed by atoms with Crippen LogP contribution in [0.25, 0.3) is 0 Å². The minimum absolute atomic E-state index is 0.0718. The average Bonchev–Trinajstić information content (AvgIpc) is 2.44. The predicted molar refractivity (Wildman–Crippen MR) is 90.7 cm³/mol. The molecule has 2 aromatic carbocycles. The van der Waals surface area contributed by atoms with Crippen molar-refractivity contribution < 1.29 is 4.39 Å². The number of benzene rings is 2. The number of hydrogen-bond donors (Lipinski definition) is 1. The van der Waals surface area contributed by atoms with E-state index in [0.717, 1.165) is 16.6 Å². The number of likely N-dealkylation sites (N-methyl/N-ethyl adjacent to an activating group) is 1. The zero-order valence-electron chi connectivity index (χ0n) is 11.5. The molecule has 2 aromatic rings. The lowest BCUT2D eigenvalue weighted by Gasteiger charge is -2.21. The fourth-order valence-electron chi connectivity index (χ4n) is 2.25. The lowest BCUT2D eigenvalue weighted by atomic mass is 9.98. The maximum absolute atomic E-state index is 14.0. The molecular formula is C16H15BrCl2FN. The Hall–Kier alpha value is -0.610. The van der Waals surface area contributed by atoms with E-state index in [1.807, 2.05) is 25.1 Å². The highest BCUT2D eigenvalue weighted by atomic mass is 79.9. The monoisotopic (exact) mass is 389 g/mol. The highest BCUT2D eigenvalue weighted by molar-refractivity contribution is 9.10. The predicted octanol–water partition coefficient (Wildman–Crippen LogP) is 5.79. The molecule has 5 heteroatoms. The summed E-state index contributed by atoms with van der Waals surface area (Å²) in [6.07, 6.45) is 0.457. The molecule has 0 radical (unpaired) electrons. The van der Waals surface area contributed by atoms with E-state index >= 15 is 0 Å². The fourth-order valence-corrected chi connectivity index (χ4v) is 3.20. The molecule has 1 atom stereocenters. The first-order valence-electron chi connectivity index (χ1n) is 6.64. The normalized spacial score (nSPS) is 12.4. The van der Waals surface area contributed by atoms with Crippen molar-refractivity contribution in [1.29, 1.82) is 0 Å². The van der Waals surface area contributed by atoms with Crippen molar-refractivity contribution in [3.05, 3.63) is 67.9 Å². The van der Waals surface area contributed by atoms with Crippen LogP contribution in [-0.4, -0.2) is 6.54 Å². The lowest BCUT2D eigenvalue weighted by molar-refractivity contribution is 0.526. The number of hydrogen-bond acceptors (Lipinski definition) is 1. The first-order chi connectivity index (χ1) is 10.0. The SMILES string of the molecule is CCNC(Cc1c(F)cccc1Cl)c1cc(Cl)ccc1Br. The third kappa shape index (κ3) is 4.19. The first kappa shape index (κ1) is 16.8. The van der Waals surface area contributed by atoms with E-state index in [2.05, 4.69) is 21.2 Å². The fraction of sp³-hybridized carbons (Fsp3) is 0.250. The first-order valence-corrected chi connectivity index (χ1v) is 8.19. The second kappa shape index (κ2) is 7.59. The van der Waals surface area contributed by atoms with E-state index in [-0.39, 0.29) is 11.9 Å². The Bertz CT molecular complexity index is 613. The number of halogens is 4.